The van der Waals surface area contributed by atoms with Gasteiger partial charge in [0.2, 0.25) is 0 Å². The van der Waals surface area contributed by atoms with Gasteiger partial charge in [-0.15, -0.1) is 0 Å². The molecule has 7 heteroatoms. The molecular weight excluding hydrogens is 336 g/mol. The standard InChI is InChI=1S/C19H22N2O5/c1-4-25-18-9-6-14(11-19(18)26-5-2)13(3)20-12-15-10-16(21(23)24)7-8-17(15)22/h6-13,22H,4-5H2,1-3H3/p-1/t13-/m0/s1. The first-order chi connectivity index (χ1) is 12.5. The van der Waals surface area contributed by atoms with Crippen LogP contribution in [0.2, 0.25) is 0 Å². The molecule has 2 aromatic carbocycles. The summed E-state index contributed by atoms with van der Waals surface area (Å²) >= 11 is 0. The van der Waals surface area contributed by atoms with E-state index in [1.807, 2.05) is 39.0 Å². The molecule has 0 amide bonds. The molecule has 0 saturated heterocycles. The first-order valence-electron chi connectivity index (χ1n) is 8.34. The average molecular weight is 357 g/mol. The van der Waals surface area contributed by atoms with Crippen molar-refractivity contribution in [3.05, 3.63) is 57.6 Å². The Hall–Kier alpha value is -3.09. The molecule has 0 saturated carbocycles. The number of rotatable bonds is 8. The van der Waals surface area contributed by atoms with Gasteiger partial charge in [-0.05, 0) is 44.0 Å². The number of benzene rings is 2. The molecule has 0 radical (unpaired) electrons. The maximum atomic E-state index is 11.8. The number of ether oxygens (including phenoxy) is 2. The maximum Gasteiger partial charge on any atom is 0.270 e. The average Bonchev–Trinajstić information content (AvgIpc) is 2.62. The largest absolute Gasteiger partial charge is 0.872 e. The second-order valence-corrected chi connectivity index (χ2v) is 5.51. The van der Waals surface area contributed by atoms with Crippen molar-refractivity contribution in [2.24, 2.45) is 4.99 Å². The van der Waals surface area contributed by atoms with Gasteiger partial charge in [0.25, 0.3) is 5.69 Å². The predicted octanol–water partition coefficient (Wildman–Crippen LogP) is 3.65. The SMILES string of the molecule is CCOc1ccc([C@H](C)N=Cc2cc([N+](=O)[O-])ccc2[O-])cc1OCC. The van der Waals surface area contributed by atoms with Gasteiger partial charge in [-0.25, -0.2) is 0 Å². The van der Waals surface area contributed by atoms with Gasteiger partial charge in [-0.2, -0.15) is 0 Å². The Labute approximate surface area is 152 Å². The zero-order chi connectivity index (χ0) is 19.1. The van der Waals surface area contributed by atoms with E-state index in [0.29, 0.717) is 24.7 Å². The second kappa shape index (κ2) is 8.84. The number of hydrogen-bond donors (Lipinski definition) is 0. The molecule has 0 aliphatic heterocycles. The van der Waals surface area contributed by atoms with Crippen molar-refractivity contribution in [1.82, 2.24) is 0 Å². The summed E-state index contributed by atoms with van der Waals surface area (Å²) in [5, 5.41) is 22.7. The number of nitro benzene ring substituents is 1. The lowest BCUT2D eigenvalue weighted by molar-refractivity contribution is -0.385. The van der Waals surface area contributed by atoms with Crippen LogP contribution in [0.15, 0.2) is 41.4 Å². The lowest BCUT2D eigenvalue weighted by Gasteiger charge is -2.14. The lowest BCUT2D eigenvalue weighted by Crippen LogP contribution is -2.01. The van der Waals surface area contributed by atoms with Gasteiger partial charge in [-0.1, -0.05) is 17.9 Å². The van der Waals surface area contributed by atoms with E-state index in [1.165, 1.54) is 24.4 Å². The second-order valence-electron chi connectivity index (χ2n) is 5.51. The molecule has 1 atom stereocenters. The highest BCUT2D eigenvalue weighted by Crippen LogP contribution is 2.32. The van der Waals surface area contributed by atoms with Gasteiger partial charge in [0, 0.05) is 18.3 Å². The molecular formula is C19H21N2O5-. The molecule has 7 nitrogen and oxygen atoms in total. The van der Waals surface area contributed by atoms with E-state index in [4.69, 9.17) is 9.47 Å². The normalized spacial score (nSPS) is 12.1. The van der Waals surface area contributed by atoms with Crippen LogP contribution in [0.3, 0.4) is 0 Å². The summed E-state index contributed by atoms with van der Waals surface area (Å²) in [4.78, 5) is 14.7. The molecule has 0 fully saturated rings. The Bertz CT molecular complexity index is 805. The molecule has 2 rings (SSSR count). The van der Waals surface area contributed by atoms with Gasteiger partial charge in [0.05, 0.1) is 24.2 Å². The van der Waals surface area contributed by atoms with Crippen LogP contribution >= 0.6 is 0 Å². The monoisotopic (exact) mass is 357 g/mol. The van der Waals surface area contributed by atoms with E-state index in [2.05, 4.69) is 4.99 Å². The number of non-ortho nitro benzene ring substituents is 1. The number of hydrogen-bond acceptors (Lipinski definition) is 6. The third-order valence-corrected chi connectivity index (χ3v) is 3.69. The quantitative estimate of drug-likeness (QED) is 0.408. The van der Waals surface area contributed by atoms with Crippen molar-refractivity contribution in [2.75, 3.05) is 13.2 Å². The highest BCUT2D eigenvalue weighted by Gasteiger charge is 2.10. The smallest absolute Gasteiger partial charge is 0.270 e. The van der Waals surface area contributed by atoms with E-state index in [0.717, 1.165) is 5.56 Å². The topological polar surface area (TPSA) is 97.0 Å². The van der Waals surface area contributed by atoms with E-state index in [1.54, 1.807) is 0 Å². The summed E-state index contributed by atoms with van der Waals surface area (Å²) in [6.07, 6.45) is 1.37. The Balaban J connectivity index is 2.25. The minimum atomic E-state index is -0.541. The highest BCUT2D eigenvalue weighted by molar-refractivity contribution is 5.84. The van der Waals surface area contributed by atoms with Gasteiger partial charge in [-0.3, -0.25) is 15.1 Å². The summed E-state index contributed by atoms with van der Waals surface area (Å²) in [6, 6.07) is 8.87. The van der Waals surface area contributed by atoms with Gasteiger partial charge in [0.15, 0.2) is 11.5 Å². The molecule has 0 spiro atoms. The van der Waals surface area contributed by atoms with E-state index in [-0.39, 0.29) is 23.0 Å². The van der Waals surface area contributed by atoms with Crippen molar-refractivity contribution in [2.45, 2.75) is 26.8 Å². The third-order valence-electron chi connectivity index (χ3n) is 3.69. The Morgan fingerprint density at radius 3 is 2.46 bits per heavy atom. The minimum absolute atomic E-state index is 0.140. The van der Waals surface area contributed by atoms with Crippen LogP contribution in [0.4, 0.5) is 5.69 Å². The molecule has 0 aliphatic carbocycles. The van der Waals surface area contributed by atoms with Crippen molar-refractivity contribution >= 4 is 11.9 Å². The predicted molar refractivity (Wildman–Crippen MR) is 97.3 cm³/mol. The number of nitrogens with zero attached hydrogens (tertiary/aromatic N) is 2. The minimum Gasteiger partial charge on any atom is -0.872 e. The fraction of sp³-hybridized carbons (Fsp3) is 0.316. The summed E-state index contributed by atoms with van der Waals surface area (Å²) in [5.74, 6) is 0.983. The van der Waals surface area contributed by atoms with E-state index in [9.17, 15) is 15.2 Å². The lowest BCUT2D eigenvalue weighted by atomic mass is 10.1. The van der Waals surface area contributed by atoms with Crippen LogP contribution < -0.4 is 14.6 Å². The Morgan fingerprint density at radius 2 is 1.81 bits per heavy atom. The van der Waals surface area contributed by atoms with Crippen LogP contribution in [0.25, 0.3) is 0 Å². The van der Waals surface area contributed by atoms with Gasteiger partial charge < -0.3 is 14.6 Å². The van der Waals surface area contributed by atoms with E-state index < -0.39 is 4.92 Å². The highest BCUT2D eigenvalue weighted by atomic mass is 16.6. The summed E-state index contributed by atoms with van der Waals surface area (Å²) in [7, 11) is 0. The molecule has 2 aromatic rings. The van der Waals surface area contributed by atoms with Crippen LogP contribution in [0.1, 0.15) is 37.9 Å². The Morgan fingerprint density at radius 1 is 1.12 bits per heavy atom. The summed E-state index contributed by atoms with van der Waals surface area (Å²) in [6.45, 7) is 6.70. The first-order valence-corrected chi connectivity index (χ1v) is 8.34. The molecule has 0 bridgehead atoms. The van der Waals surface area contributed by atoms with Crippen LogP contribution in [-0.2, 0) is 0 Å². The van der Waals surface area contributed by atoms with Crippen LogP contribution in [0.5, 0.6) is 17.2 Å². The first kappa shape index (κ1) is 19.2. The zero-order valence-corrected chi connectivity index (χ0v) is 15.0. The molecule has 26 heavy (non-hydrogen) atoms. The zero-order valence-electron chi connectivity index (χ0n) is 15.0. The third kappa shape index (κ3) is 4.72. The van der Waals surface area contributed by atoms with Crippen LogP contribution in [0, 0.1) is 10.1 Å². The molecule has 0 unspecified atom stereocenters. The van der Waals surface area contributed by atoms with Crippen molar-refractivity contribution in [1.29, 1.82) is 0 Å². The summed E-state index contributed by atoms with van der Waals surface area (Å²) < 4.78 is 11.1. The van der Waals surface area contributed by atoms with Gasteiger partial charge >= 0.3 is 0 Å². The molecule has 0 aromatic heterocycles. The number of aliphatic imine (C=N–C) groups is 1. The van der Waals surface area contributed by atoms with Gasteiger partial charge in [0.1, 0.15) is 0 Å². The summed E-state index contributed by atoms with van der Waals surface area (Å²) in [5.41, 5.74) is 0.923. The van der Waals surface area contributed by atoms with Crippen molar-refractivity contribution < 1.29 is 19.5 Å². The molecule has 0 N–H and O–H groups in total. The number of nitro groups is 1. The maximum absolute atomic E-state index is 11.8. The fourth-order valence-electron chi connectivity index (χ4n) is 2.36. The molecule has 138 valence electrons. The van der Waals surface area contributed by atoms with Crippen molar-refractivity contribution in [3.8, 4) is 17.2 Å². The molecule has 0 aliphatic rings. The Kier molecular flexibility index (Phi) is 6.54. The van der Waals surface area contributed by atoms with Crippen molar-refractivity contribution in [3.63, 3.8) is 0 Å². The van der Waals surface area contributed by atoms with Crippen LogP contribution in [-0.4, -0.2) is 24.4 Å². The van der Waals surface area contributed by atoms with E-state index >= 15 is 0 Å². The fourth-order valence-corrected chi connectivity index (χ4v) is 2.36. The molecule has 0 heterocycles.